The van der Waals surface area contributed by atoms with Crippen LogP contribution in [0.15, 0.2) is 30.6 Å². The number of aromatic nitrogens is 3. The van der Waals surface area contributed by atoms with Gasteiger partial charge in [-0.25, -0.2) is 19.3 Å². The second-order valence-corrected chi connectivity index (χ2v) is 10.4. The summed E-state index contributed by atoms with van der Waals surface area (Å²) in [4.78, 5) is 27.1. The maximum atomic E-state index is 13.3. The lowest BCUT2D eigenvalue weighted by Gasteiger charge is -2.29. The molecular weight excluding hydrogens is 511 g/mol. The summed E-state index contributed by atoms with van der Waals surface area (Å²) in [5.74, 6) is 0.781. The summed E-state index contributed by atoms with van der Waals surface area (Å²) in [7, 11) is 0. The molecule has 4 heterocycles. The molecule has 2 aromatic heterocycles. The third kappa shape index (κ3) is 5.62. The summed E-state index contributed by atoms with van der Waals surface area (Å²) in [6.07, 6.45) is 5.84. The van der Waals surface area contributed by atoms with E-state index in [4.69, 9.17) is 15.1 Å². The Morgan fingerprint density at radius 1 is 1.30 bits per heavy atom. The van der Waals surface area contributed by atoms with Gasteiger partial charge in [-0.1, -0.05) is 19.9 Å². The van der Waals surface area contributed by atoms with E-state index < -0.39 is 5.82 Å². The summed E-state index contributed by atoms with van der Waals surface area (Å²) in [5, 5.41) is 25.5. The zero-order chi connectivity index (χ0) is 28.2. The third-order valence-corrected chi connectivity index (χ3v) is 7.01. The number of nitriles is 1. The molecule has 206 valence electrons. The number of fused-ring (bicyclic) bond motifs is 1. The van der Waals surface area contributed by atoms with Gasteiger partial charge >= 0.3 is 0 Å². The quantitative estimate of drug-likeness (QED) is 0.365. The summed E-state index contributed by atoms with van der Waals surface area (Å²) in [6.45, 7) is 5.84. The van der Waals surface area contributed by atoms with E-state index in [9.17, 15) is 14.4 Å². The van der Waals surface area contributed by atoms with Crippen LogP contribution in [-0.4, -0.2) is 52.8 Å². The summed E-state index contributed by atoms with van der Waals surface area (Å²) in [5.41, 5.74) is 3.45. The molecule has 3 aromatic rings. The van der Waals surface area contributed by atoms with Gasteiger partial charge in [0.1, 0.15) is 23.5 Å². The van der Waals surface area contributed by atoms with Gasteiger partial charge in [-0.15, -0.1) is 0 Å². The largest absolute Gasteiger partial charge is 0.482 e. The Morgan fingerprint density at radius 3 is 2.73 bits per heavy atom. The average molecular weight is 543 g/mol. The molecule has 0 radical (unpaired) electrons. The number of benzene rings is 1. The number of ether oxygens (including phenoxy) is 1. The number of carbonyl (C=O) groups is 1. The molecule has 1 saturated heterocycles. The highest BCUT2D eigenvalue weighted by Gasteiger charge is 2.29. The minimum Gasteiger partial charge on any atom is -0.482 e. The van der Waals surface area contributed by atoms with Crippen molar-refractivity contribution >= 4 is 23.6 Å². The van der Waals surface area contributed by atoms with Crippen LogP contribution in [0.5, 0.6) is 5.75 Å². The Labute approximate surface area is 232 Å². The SMILES string of the molecule is CC(C)Cc1nc(NC2CCNCC2)c(C=N)c(-c2ccc3c(c2)OCC(=O)N3Cc2ncc(F)cn2)c1C#N. The molecule has 2 aliphatic rings. The molecule has 1 fully saturated rings. The number of piperidine rings is 1. The number of pyridine rings is 1. The topological polar surface area (TPSA) is 140 Å². The number of rotatable bonds is 8. The molecule has 2 aliphatic heterocycles. The molecule has 0 spiro atoms. The molecule has 5 rings (SSSR count). The minimum atomic E-state index is -0.555. The van der Waals surface area contributed by atoms with Crippen LogP contribution in [0, 0.1) is 28.5 Å². The number of carbonyl (C=O) groups excluding carboxylic acids is 1. The minimum absolute atomic E-state index is 0.0577. The van der Waals surface area contributed by atoms with Crippen LogP contribution in [0.4, 0.5) is 15.9 Å². The standard InChI is InChI=1S/C29H31FN8O2/c1-17(2)9-23-21(11-31)28(22(12-32)29(37-23)36-20-5-7-33-8-6-20)18-3-4-24-25(10-18)40-16-27(39)38(24)15-26-34-13-19(30)14-35-26/h3-4,10,12-14,17,20,32-33H,5-9,15-16H2,1-2H3,(H,36,37). The molecule has 0 aliphatic carbocycles. The number of nitrogens with zero attached hydrogens (tertiary/aromatic N) is 5. The van der Waals surface area contributed by atoms with E-state index in [1.54, 1.807) is 12.1 Å². The number of hydrogen-bond donors (Lipinski definition) is 3. The van der Waals surface area contributed by atoms with E-state index in [1.165, 1.54) is 11.1 Å². The number of nitrogens with one attached hydrogen (secondary N) is 3. The Bertz CT molecular complexity index is 1460. The van der Waals surface area contributed by atoms with Crippen molar-refractivity contribution in [2.45, 2.75) is 45.7 Å². The monoisotopic (exact) mass is 542 g/mol. The van der Waals surface area contributed by atoms with Gasteiger partial charge in [-0.2, -0.15) is 5.26 Å². The van der Waals surface area contributed by atoms with Crippen LogP contribution >= 0.6 is 0 Å². The zero-order valence-corrected chi connectivity index (χ0v) is 22.5. The summed E-state index contributed by atoms with van der Waals surface area (Å²) < 4.78 is 19.1. The maximum Gasteiger partial charge on any atom is 0.265 e. The zero-order valence-electron chi connectivity index (χ0n) is 22.5. The molecule has 10 nitrogen and oxygen atoms in total. The first kappa shape index (κ1) is 27.1. The van der Waals surface area contributed by atoms with Crippen molar-refractivity contribution in [3.05, 3.63) is 59.1 Å². The lowest BCUT2D eigenvalue weighted by molar-refractivity contribution is -0.121. The van der Waals surface area contributed by atoms with E-state index in [0.717, 1.165) is 38.3 Å². The molecule has 0 atom stereocenters. The van der Waals surface area contributed by atoms with Crippen molar-refractivity contribution in [2.75, 3.05) is 29.9 Å². The fourth-order valence-corrected chi connectivity index (χ4v) is 5.11. The first-order valence-corrected chi connectivity index (χ1v) is 13.4. The summed E-state index contributed by atoms with van der Waals surface area (Å²) in [6, 6.07) is 7.92. The van der Waals surface area contributed by atoms with E-state index in [0.29, 0.717) is 57.4 Å². The number of anilines is 2. The van der Waals surface area contributed by atoms with E-state index in [1.807, 2.05) is 6.07 Å². The summed E-state index contributed by atoms with van der Waals surface area (Å²) >= 11 is 0. The van der Waals surface area contributed by atoms with Crippen molar-refractivity contribution in [1.82, 2.24) is 20.3 Å². The normalized spacial score (nSPS) is 15.4. The van der Waals surface area contributed by atoms with Crippen LogP contribution in [0.25, 0.3) is 11.1 Å². The average Bonchev–Trinajstić information content (AvgIpc) is 2.95. The van der Waals surface area contributed by atoms with E-state index >= 15 is 0 Å². The van der Waals surface area contributed by atoms with Crippen LogP contribution < -0.4 is 20.3 Å². The van der Waals surface area contributed by atoms with Crippen molar-refractivity contribution in [1.29, 1.82) is 10.7 Å². The second kappa shape index (κ2) is 11.8. The van der Waals surface area contributed by atoms with Crippen molar-refractivity contribution < 1.29 is 13.9 Å². The van der Waals surface area contributed by atoms with Crippen LogP contribution in [0.3, 0.4) is 0 Å². The van der Waals surface area contributed by atoms with Crippen molar-refractivity contribution in [3.63, 3.8) is 0 Å². The Balaban J connectivity index is 1.59. The molecule has 1 amide bonds. The maximum absolute atomic E-state index is 13.3. The van der Waals surface area contributed by atoms with Gasteiger partial charge in [0.2, 0.25) is 0 Å². The lowest BCUT2D eigenvalue weighted by Crippen LogP contribution is -2.38. The molecule has 0 unspecified atom stereocenters. The second-order valence-electron chi connectivity index (χ2n) is 10.4. The lowest BCUT2D eigenvalue weighted by atomic mass is 9.91. The molecule has 40 heavy (non-hydrogen) atoms. The fraction of sp³-hybridized carbons (Fsp3) is 0.379. The highest BCUT2D eigenvalue weighted by molar-refractivity contribution is 6.00. The van der Waals surface area contributed by atoms with Crippen molar-refractivity contribution in [2.24, 2.45) is 5.92 Å². The first-order valence-electron chi connectivity index (χ1n) is 13.4. The molecule has 0 saturated carbocycles. The number of hydrogen-bond acceptors (Lipinski definition) is 9. The molecule has 11 heteroatoms. The van der Waals surface area contributed by atoms with Gasteiger partial charge in [0.05, 0.1) is 35.9 Å². The number of amides is 1. The van der Waals surface area contributed by atoms with Crippen LogP contribution in [-0.2, 0) is 17.8 Å². The fourth-order valence-electron chi connectivity index (χ4n) is 5.11. The predicted molar refractivity (Wildman–Crippen MR) is 149 cm³/mol. The highest BCUT2D eigenvalue weighted by atomic mass is 19.1. The van der Waals surface area contributed by atoms with Gasteiger partial charge in [-0.3, -0.25) is 9.69 Å². The van der Waals surface area contributed by atoms with Crippen molar-refractivity contribution in [3.8, 4) is 22.9 Å². The highest BCUT2D eigenvalue weighted by Crippen LogP contribution is 2.40. The number of halogens is 1. The van der Waals surface area contributed by atoms with E-state index in [-0.39, 0.29) is 31.0 Å². The van der Waals surface area contributed by atoms with Gasteiger partial charge < -0.3 is 20.8 Å². The van der Waals surface area contributed by atoms with Gasteiger partial charge in [-0.05, 0) is 56.0 Å². The Morgan fingerprint density at radius 2 is 2.05 bits per heavy atom. The molecule has 3 N–H and O–H groups in total. The molecule has 0 bridgehead atoms. The first-order chi connectivity index (χ1) is 19.4. The predicted octanol–water partition coefficient (Wildman–Crippen LogP) is 3.84. The van der Waals surface area contributed by atoms with Gasteiger partial charge in [0.25, 0.3) is 5.91 Å². The third-order valence-electron chi connectivity index (χ3n) is 7.01. The molecular formula is C29H31FN8O2. The smallest absolute Gasteiger partial charge is 0.265 e. The van der Waals surface area contributed by atoms with Gasteiger partial charge in [0, 0.05) is 23.4 Å². The van der Waals surface area contributed by atoms with Crippen LogP contribution in [0.1, 0.15) is 49.3 Å². The van der Waals surface area contributed by atoms with E-state index in [2.05, 4.69) is 40.5 Å². The Hall–Kier alpha value is -4.43. The van der Waals surface area contributed by atoms with Gasteiger partial charge in [0.15, 0.2) is 12.4 Å². The van der Waals surface area contributed by atoms with Crippen LogP contribution in [0.2, 0.25) is 0 Å². The Kier molecular flexibility index (Phi) is 7.98. The molecule has 1 aromatic carbocycles.